The summed E-state index contributed by atoms with van der Waals surface area (Å²) in [5.41, 5.74) is 6.70. The quantitative estimate of drug-likeness (QED) is 0.344. The van der Waals surface area contributed by atoms with E-state index in [-0.39, 0.29) is 17.5 Å². The van der Waals surface area contributed by atoms with Crippen molar-refractivity contribution in [3.05, 3.63) is 17.7 Å². The van der Waals surface area contributed by atoms with Gasteiger partial charge in [-0.2, -0.15) is 0 Å². The van der Waals surface area contributed by atoms with Crippen LogP contribution in [0.1, 0.15) is 19.4 Å². The van der Waals surface area contributed by atoms with Crippen molar-refractivity contribution in [2.45, 2.75) is 31.2 Å². The normalized spacial score (nSPS) is 12.6. The molecular weight excluding hydrogens is 248 g/mol. The van der Waals surface area contributed by atoms with Crippen LogP contribution in [0.4, 0.5) is 0 Å². The summed E-state index contributed by atoms with van der Waals surface area (Å²) in [5, 5.41) is 22.7. The fourth-order valence-electron chi connectivity index (χ4n) is 1.53. The van der Waals surface area contributed by atoms with Gasteiger partial charge in [-0.05, 0) is 44.1 Å². The van der Waals surface area contributed by atoms with Crippen LogP contribution >= 0.6 is 11.8 Å². The number of nitrogens with one attached hydrogen (secondary N) is 1. The molecule has 0 bridgehead atoms. The molecule has 1 rings (SSSR count). The number of benzene rings is 1. The monoisotopic (exact) mass is 270 g/mol. The molecule has 5 N–H and O–H groups in total. The van der Waals surface area contributed by atoms with Gasteiger partial charge in [0.05, 0.1) is 4.90 Å². The SMILES string of the molecule is CCNCCc1cc(O)c(O)c(SC[C@@H](C)N)c1. The van der Waals surface area contributed by atoms with Gasteiger partial charge in [-0.3, -0.25) is 0 Å². The number of hydrogen-bond donors (Lipinski definition) is 4. The van der Waals surface area contributed by atoms with Gasteiger partial charge in [-0.25, -0.2) is 0 Å². The molecule has 0 radical (unpaired) electrons. The number of phenolic OH excluding ortho intramolecular Hbond substituents is 2. The fourth-order valence-corrected chi connectivity index (χ4v) is 2.45. The van der Waals surface area contributed by atoms with E-state index in [1.165, 1.54) is 11.8 Å². The number of hydrogen-bond acceptors (Lipinski definition) is 5. The molecule has 0 fully saturated rings. The minimum absolute atomic E-state index is 0.0483. The Morgan fingerprint density at radius 1 is 1.39 bits per heavy atom. The van der Waals surface area contributed by atoms with Crippen LogP contribution in [0.3, 0.4) is 0 Å². The number of rotatable bonds is 7. The molecule has 0 unspecified atom stereocenters. The van der Waals surface area contributed by atoms with Crippen LogP contribution in [0, 0.1) is 0 Å². The molecule has 0 aliphatic rings. The Morgan fingerprint density at radius 2 is 2.11 bits per heavy atom. The molecule has 0 aliphatic heterocycles. The molecule has 0 heterocycles. The van der Waals surface area contributed by atoms with Crippen molar-refractivity contribution in [3.8, 4) is 11.5 Å². The third kappa shape index (κ3) is 4.76. The standard InChI is InChI=1S/C13H22N2O2S/c1-3-15-5-4-10-6-11(16)13(17)12(7-10)18-8-9(2)14/h6-7,9,15-17H,3-5,8,14H2,1-2H3/t9-/m1/s1. The Labute approximate surface area is 113 Å². The second-order valence-corrected chi connectivity index (χ2v) is 5.42. The number of aromatic hydroxyl groups is 2. The topological polar surface area (TPSA) is 78.5 Å². The van der Waals surface area contributed by atoms with Crippen molar-refractivity contribution in [2.75, 3.05) is 18.8 Å². The summed E-state index contributed by atoms with van der Waals surface area (Å²) in [6, 6.07) is 3.59. The molecule has 102 valence electrons. The van der Waals surface area contributed by atoms with Gasteiger partial charge in [0.15, 0.2) is 11.5 Å². The first-order valence-electron chi connectivity index (χ1n) is 6.18. The molecule has 4 nitrogen and oxygen atoms in total. The number of phenols is 2. The Kier molecular flexibility index (Phi) is 6.32. The predicted octanol–water partition coefficient (Wildman–Crippen LogP) is 1.69. The van der Waals surface area contributed by atoms with Crippen molar-refractivity contribution in [3.63, 3.8) is 0 Å². The van der Waals surface area contributed by atoms with Crippen LogP contribution in [-0.2, 0) is 6.42 Å². The molecule has 5 heteroatoms. The highest BCUT2D eigenvalue weighted by Gasteiger charge is 2.10. The molecule has 0 aliphatic carbocycles. The number of likely N-dealkylation sites (N-methyl/N-ethyl adjacent to an activating group) is 1. The molecule has 1 aromatic carbocycles. The summed E-state index contributed by atoms with van der Waals surface area (Å²) >= 11 is 1.47. The van der Waals surface area contributed by atoms with Crippen molar-refractivity contribution in [2.24, 2.45) is 5.73 Å². The highest BCUT2D eigenvalue weighted by atomic mass is 32.2. The van der Waals surface area contributed by atoms with E-state index >= 15 is 0 Å². The van der Waals surface area contributed by atoms with Crippen molar-refractivity contribution in [1.82, 2.24) is 5.32 Å². The third-order valence-electron chi connectivity index (χ3n) is 2.46. The van der Waals surface area contributed by atoms with Gasteiger partial charge in [0.25, 0.3) is 0 Å². The Balaban J connectivity index is 2.75. The highest BCUT2D eigenvalue weighted by Crippen LogP contribution is 2.37. The van der Waals surface area contributed by atoms with E-state index in [9.17, 15) is 10.2 Å². The first-order valence-corrected chi connectivity index (χ1v) is 7.17. The smallest absolute Gasteiger partial charge is 0.171 e. The molecule has 0 amide bonds. The molecule has 0 spiro atoms. The second-order valence-electron chi connectivity index (χ2n) is 4.35. The number of nitrogens with two attached hydrogens (primary N) is 1. The van der Waals surface area contributed by atoms with Crippen LogP contribution in [0.25, 0.3) is 0 Å². The highest BCUT2D eigenvalue weighted by molar-refractivity contribution is 7.99. The van der Waals surface area contributed by atoms with Crippen LogP contribution in [0.2, 0.25) is 0 Å². The van der Waals surface area contributed by atoms with Crippen molar-refractivity contribution >= 4 is 11.8 Å². The van der Waals surface area contributed by atoms with Crippen LogP contribution in [0.15, 0.2) is 17.0 Å². The Morgan fingerprint density at radius 3 is 2.72 bits per heavy atom. The molecule has 1 atom stereocenters. The fraction of sp³-hybridized carbons (Fsp3) is 0.538. The summed E-state index contributed by atoms with van der Waals surface area (Å²) < 4.78 is 0. The maximum absolute atomic E-state index is 9.78. The van der Waals surface area contributed by atoms with E-state index in [0.29, 0.717) is 10.6 Å². The average molecular weight is 270 g/mol. The molecular formula is C13H22N2O2S. The van der Waals surface area contributed by atoms with Crippen LogP contribution in [0.5, 0.6) is 11.5 Å². The first-order chi connectivity index (χ1) is 8.54. The zero-order valence-corrected chi connectivity index (χ0v) is 11.8. The molecule has 1 aromatic rings. The number of thioether (sulfide) groups is 1. The second kappa shape index (κ2) is 7.51. The van der Waals surface area contributed by atoms with Gasteiger partial charge in [-0.1, -0.05) is 6.92 Å². The lowest BCUT2D eigenvalue weighted by Gasteiger charge is -2.11. The summed E-state index contributed by atoms with van der Waals surface area (Å²) in [5.74, 6) is 0.605. The van der Waals surface area contributed by atoms with Crippen molar-refractivity contribution < 1.29 is 10.2 Å². The van der Waals surface area contributed by atoms with Crippen molar-refractivity contribution in [1.29, 1.82) is 0 Å². The molecule has 0 saturated heterocycles. The van der Waals surface area contributed by atoms with E-state index in [0.717, 1.165) is 25.1 Å². The van der Waals surface area contributed by atoms with Gasteiger partial charge in [0, 0.05) is 11.8 Å². The average Bonchev–Trinajstić information content (AvgIpc) is 2.32. The zero-order chi connectivity index (χ0) is 13.5. The predicted molar refractivity (Wildman–Crippen MR) is 76.4 cm³/mol. The zero-order valence-electron chi connectivity index (χ0n) is 10.9. The minimum Gasteiger partial charge on any atom is -0.504 e. The summed E-state index contributed by atoms with van der Waals surface area (Å²) in [7, 11) is 0. The van der Waals surface area contributed by atoms with E-state index < -0.39 is 0 Å². The summed E-state index contributed by atoms with van der Waals surface area (Å²) in [4.78, 5) is 0.693. The lowest BCUT2D eigenvalue weighted by atomic mass is 10.1. The molecule has 0 aromatic heterocycles. The van der Waals surface area contributed by atoms with Crippen LogP contribution < -0.4 is 11.1 Å². The van der Waals surface area contributed by atoms with Gasteiger partial charge in [0.1, 0.15) is 0 Å². The largest absolute Gasteiger partial charge is 0.504 e. The molecule has 0 saturated carbocycles. The van der Waals surface area contributed by atoms with E-state index in [2.05, 4.69) is 12.2 Å². The van der Waals surface area contributed by atoms with Gasteiger partial charge >= 0.3 is 0 Å². The van der Waals surface area contributed by atoms with Gasteiger partial charge in [0.2, 0.25) is 0 Å². The summed E-state index contributed by atoms with van der Waals surface area (Å²) in [6.45, 7) is 5.76. The minimum atomic E-state index is -0.0591. The van der Waals surface area contributed by atoms with Gasteiger partial charge in [-0.15, -0.1) is 11.8 Å². The van der Waals surface area contributed by atoms with E-state index in [1.807, 2.05) is 13.0 Å². The maximum Gasteiger partial charge on any atom is 0.171 e. The lowest BCUT2D eigenvalue weighted by molar-refractivity contribution is 0.394. The first kappa shape index (κ1) is 15.1. The summed E-state index contributed by atoms with van der Waals surface area (Å²) in [6.07, 6.45) is 0.827. The maximum atomic E-state index is 9.78. The van der Waals surface area contributed by atoms with E-state index in [4.69, 9.17) is 5.73 Å². The third-order valence-corrected chi connectivity index (χ3v) is 3.77. The van der Waals surface area contributed by atoms with E-state index in [1.54, 1.807) is 6.07 Å². The van der Waals surface area contributed by atoms with Gasteiger partial charge < -0.3 is 21.3 Å². The van der Waals surface area contributed by atoms with Crippen LogP contribution in [-0.4, -0.2) is 35.1 Å². The molecule has 18 heavy (non-hydrogen) atoms. The Hall–Kier alpha value is -0.910. The lowest BCUT2D eigenvalue weighted by Crippen LogP contribution is -2.17. The Bertz CT molecular complexity index is 383.